The second kappa shape index (κ2) is 4.89. The summed E-state index contributed by atoms with van der Waals surface area (Å²) in [5.74, 6) is -0.249. The minimum Gasteiger partial charge on any atom is -0.466 e. The Labute approximate surface area is 96.7 Å². The van der Waals surface area contributed by atoms with E-state index in [1.807, 2.05) is 5.38 Å². The lowest BCUT2D eigenvalue weighted by atomic mass is 10.3. The fourth-order valence-corrected chi connectivity index (χ4v) is 1.95. The van der Waals surface area contributed by atoms with E-state index in [2.05, 4.69) is 10.1 Å². The molecule has 0 atom stereocenters. The summed E-state index contributed by atoms with van der Waals surface area (Å²) >= 11 is 1.47. The fraction of sp³-hybridized carbons (Fsp3) is 0.300. The SMILES string of the molecule is CCOC(=O)Cc1ccnn1-c1nccs1. The summed E-state index contributed by atoms with van der Waals surface area (Å²) in [6.45, 7) is 2.18. The van der Waals surface area contributed by atoms with Gasteiger partial charge in [-0.05, 0) is 13.0 Å². The highest BCUT2D eigenvalue weighted by Crippen LogP contribution is 2.13. The molecule has 0 aliphatic carbocycles. The van der Waals surface area contributed by atoms with E-state index in [4.69, 9.17) is 4.74 Å². The van der Waals surface area contributed by atoms with Crippen LogP contribution in [-0.2, 0) is 16.0 Å². The number of carbonyl (C=O) groups excluding carboxylic acids is 1. The molecule has 0 aliphatic rings. The quantitative estimate of drug-likeness (QED) is 0.755. The third-order valence-corrected chi connectivity index (χ3v) is 2.70. The normalized spacial score (nSPS) is 10.3. The topological polar surface area (TPSA) is 57.0 Å². The van der Waals surface area contributed by atoms with Gasteiger partial charge in [-0.2, -0.15) is 5.10 Å². The van der Waals surface area contributed by atoms with Crippen LogP contribution in [0, 0.1) is 0 Å². The van der Waals surface area contributed by atoms with Crippen molar-refractivity contribution in [2.24, 2.45) is 0 Å². The molecule has 0 bridgehead atoms. The monoisotopic (exact) mass is 237 g/mol. The molecule has 2 aromatic heterocycles. The van der Waals surface area contributed by atoms with Crippen molar-refractivity contribution < 1.29 is 9.53 Å². The molecule has 0 aliphatic heterocycles. The Morgan fingerprint density at radius 1 is 1.56 bits per heavy atom. The van der Waals surface area contributed by atoms with E-state index in [1.165, 1.54) is 11.3 Å². The first-order chi connectivity index (χ1) is 7.81. The number of nitrogens with zero attached hydrogens (tertiary/aromatic N) is 3. The summed E-state index contributed by atoms with van der Waals surface area (Å²) in [7, 11) is 0. The van der Waals surface area contributed by atoms with E-state index in [-0.39, 0.29) is 12.4 Å². The largest absolute Gasteiger partial charge is 0.466 e. The number of thiazole rings is 1. The maximum Gasteiger partial charge on any atom is 0.311 e. The molecule has 5 nitrogen and oxygen atoms in total. The van der Waals surface area contributed by atoms with Gasteiger partial charge in [0.1, 0.15) is 0 Å². The van der Waals surface area contributed by atoms with E-state index in [0.29, 0.717) is 6.61 Å². The van der Waals surface area contributed by atoms with Gasteiger partial charge in [-0.1, -0.05) is 0 Å². The zero-order valence-electron chi connectivity index (χ0n) is 8.79. The van der Waals surface area contributed by atoms with Crippen molar-refractivity contribution in [1.29, 1.82) is 0 Å². The lowest BCUT2D eigenvalue weighted by molar-refractivity contribution is -0.142. The average Bonchev–Trinajstić information content (AvgIpc) is 2.86. The van der Waals surface area contributed by atoms with Gasteiger partial charge in [0.15, 0.2) is 0 Å². The molecule has 0 N–H and O–H groups in total. The number of esters is 1. The molecular formula is C10H11N3O2S. The molecule has 0 amide bonds. The minimum atomic E-state index is -0.249. The molecule has 0 aromatic carbocycles. The maximum atomic E-state index is 11.4. The van der Waals surface area contributed by atoms with Crippen LogP contribution in [-0.4, -0.2) is 27.3 Å². The number of aromatic nitrogens is 3. The van der Waals surface area contributed by atoms with Crippen LogP contribution in [0.2, 0.25) is 0 Å². The summed E-state index contributed by atoms with van der Waals surface area (Å²) in [6.07, 6.45) is 3.57. The second-order valence-electron chi connectivity index (χ2n) is 3.03. The van der Waals surface area contributed by atoms with Crippen molar-refractivity contribution in [3.05, 3.63) is 29.5 Å². The van der Waals surface area contributed by atoms with Crippen LogP contribution >= 0.6 is 11.3 Å². The number of carbonyl (C=O) groups is 1. The molecule has 2 rings (SSSR count). The van der Waals surface area contributed by atoms with Crippen molar-refractivity contribution >= 4 is 17.3 Å². The fourth-order valence-electron chi connectivity index (χ4n) is 1.32. The van der Waals surface area contributed by atoms with Gasteiger partial charge in [0.25, 0.3) is 0 Å². The molecule has 0 spiro atoms. The average molecular weight is 237 g/mol. The van der Waals surface area contributed by atoms with E-state index < -0.39 is 0 Å². The predicted molar refractivity (Wildman–Crippen MR) is 59.6 cm³/mol. The van der Waals surface area contributed by atoms with Crippen LogP contribution in [0.5, 0.6) is 0 Å². The molecule has 0 fully saturated rings. The van der Waals surface area contributed by atoms with Crippen LogP contribution in [0.4, 0.5) is 0 Å². The molecule has 0 saturated heterocycles. The first kappa shape index (κ1) is 10.8. The van der Waals surface area contributed by atoms with Crippen LogP contribution in [0.25, 0.3) is 5.13 Å². The molecule has 2 heterocycles. The Hall–Kier alpha value is -1.69. The summed E-state index contributed by atoms with van der Waals surface area (Å²) in [6, 6.07) is 1.79. The smallest absolute Gasteiger partial charge is 0.311 e. The third-order valence-electron chi connectivity index (χ3n) is 1.95. The van der Waals surface area contributed by atoms with Crippen molar-refractivity contribution in [3.8, 4) is 5.13 Å². The Kier molecular flexibility index (Phi) is 3.31. The van der Waals surface area contributed by atoms with Crippen LogP contribution in [0.1, 0.15) is 12.6 Å². The van der Waals surface area contributed by atoms with Crippen LogP contribution in [0.15, 0.2) is 23.8 Å². The summed E-state index contributed by atoms with van der Waals surface area (Å²) in [4.78, 5) is 15.5. The standard InChI is InChI=1S/C10H11N3O2S/c1-2-15-9(14)7-8-3-4-12-13(8)10-11-5-6-16-10/h3-6H,2,7H2,1H3. The van der Waals surface area contributed by atoms with E-state index in [0.717, 1.165) is 10.8 Å². The van der Waals surface area contributed by atoms with E-state index in [9.17, 15) is 4.79 Å². The number of hydrogen-bond acceptors (Lipinski definition) is 5. The van der Waals surface area contributed by atoms with E-state index in [1.54, 1.807) is 30.1 Å². The lowest BCUT2D eigenvalue weighted by Crippen LogP contribution is -2.11. The second-order valence-corrected chi connectivity index (χ2v) is 3.90. The van der Waals surface area contributed by atoms with Gasteiger partial charge >= 0.3 is 5.97 Å². The number of ether oxygens (including phenoxy) is 1. The van der Waals surface area contributed by atoms with Crippen LogP contribution < -0.4 is 0 Å². The first-order valence-electron chi connectivity index (χ1n) is 4.89. The summed E-state index contributed by atoms with van der Waals surface area (Å²) in [5, 5.41) is 6.75. The van der Waals surface area contributed by atoms with Gasteiger partial charge in [-0.25, -0.2) is 9.67 Å². The van der Waals surface area contributed by atoms with Crippen LogP contribution in [0.3, 0.4) is 0 Å². The Bertz CT molecular complexity index is 464. The van der Waals surface area contributed by atoms with Gasteiger partial charge in [0.05, 0.1) is 18.7 Å². The van der Waals surface area contributed by atoms with Gasteiger partial charge < -0.3 is 4.74 Å². The zero-order chi connectivity index (χ0) is 11.4. The molecule has 2 aromatic rings. The Morgan fingerprint density at radius 2 is 2.44 bits per heavy atom. The van der Waals surface area contributed by atoms with Gasteiger partial charge in [-0.15, -0.1) is 11.3 Å². The highest BCUT2D eigenvalue weighted by molar-refractivity contribution is 7.12. The maximum absolute atomic E-state index is 11.4. The lowest BCUT2D eigenvalue weighted by Gasteiger charge is -2.03. The molecular weight excluding hydrogens is 226 g/mol. The highest BCUT2D eigenvalue weighted by Gasteiger charge is 2.11. The highest BCUT2D eigenvalue weighted by atomic mass is 32.1. The van der Waals surface area contributed by atoms with Crippen molar-refractivity contribution in [3.63, 3.8) is 0 Å². The van der Waals surface area contributed by atoms with Crippen molar-refractivity contribution in [1.82, 2.24) is 14.8 Å². The van der Waals surface area contributed by atoms with Gasteiger partial charge in [0, 0.05) is 17.8 Å². The van der Waals surface area contributed by atoms with Crippen molar-refractivity contribution in [2.45, 2.75) is 13.3 Å². The molecule has 0 unspecified atom stereocenters. The van der Waals surface area contributed by atoms with Gasteiger partial charge in [-0.3, -0.25) is 4.79 Å². The number of hydrogen-bond donors (Lipinski definition) is 0. The number of rotatable bonds is 4. The molecule has 0 radical (unpaired) electrons. The molecule has 84 valence electrons. The molecule has 16 heavy (non-hydrogen) atoms. The summed E-state index contributed by atoms with van der Waals surface area (Å²) < 4.78 is 6.54. The minimum absolute atomic E-state index is 0.216. The van der Waals surface area contributed by atoms with E-state index >= 15 is 0 Å². The van der Waals surface area contributed by atoms with Gasteiger partial charge in [0.2, 0.25) is 5.13 Å². The Morgan fingerprint density at radius 3 is 3.12 bits per heavy atom. The molecule has 0 saturated carbocycles. The summed E-state index contributed by atoms with van der Waals surface area (Å²) in [5.41, 5.74) is 0.786. The predicted octanol–water partition coefficient (Wildman–Crippen LogP) is 1.43. The molecule has 6 heteroatoms. The van der Waals surface area contributed by atoms with Crippen molar-refractivity contribution in [2.75, 3.05) is 6.61 Å². The zero-order valence-corrected chi connectivity index (χ0v) is 9.61. The Balaban J connectivity index is 2.17. The third kappa shape index (κ3) is 2.27. The first-order valence-corrected chi connectivity index (χ1v) is 5.77.